The normalized spacial score (nSPS) is 13.7. The van der Waals surface area contributed by atoms with Crippen molar-refractivity contribution in [2.24, 2.45) is 5.92 Å². The standard InChI is InChI=1S/C28H38N4O4/c1-4-5-7-21-10-11-25(20(2)16-21)31-28(35)30-19-26(33)32-14-12-23(13-15-32)27(34)29-18-22-8-6-9-24(17-22)36-3/h6,8-11,16-17,23H,4-5,7,12-15,18-19H2,1-3H3,(H,29,34)(H2,30,31,35). The second-order valence-corrected chi connectivity index (χ2v) is 9.28. The Labute approximate surface area is 213 Å². The number of aryl methyl sites for hydroxylation is 2. The van der Waals surface area contributed by atoms with Crippen LogP contribution in [-0.4, -0.2) is 49.5 Å². The van der Waals surface area contributed by atoms with Gasteiger partial charge in [0.1, 0.15) is 5.75 Å². The van der Waals surface area contributed by atoms with Gasteiger partial charge in [0.05, 0.1) is 13.7 Å². The number of urea groups is 1. The zero-order valence-corrected chi connectivity index (χ0v) is 21.6. The van der Waals surface area contributed by atoms with Crippen molar-refractivity contribution in [1.29, 1.82) is 0 Å². The first-order valence-corrected chi connectivity index (χ1v) is 12.7. The van der Waals surface area contributed by atoms with E-state index in [9.17, 15) is 14.4 Å². The van der Waals surface area contributed by atoms with Crippen molar-refractivity contribution in [2.75, 3.05) is 32.1 Å². The molecule has 0 aromatic heterocycles. The first-order chi connectivity index (χ1) is 17.4. The Bertz CT molecular complexity index is 1050. The summed E-state index contributed by atoms with van der Waals surface area (Å²) in [5.74, 6) is 0.482. The molecular formula is C28H38N4O4. The predicted octanol–water partition coefficient (Wildman–Crippen LogP) is 4.02. The van der Waals surface area contributed by atoms with Gasteiger partial charge in [0.25, 0.3) is 0 Å². The van der Waals surface area contributed by atoms with Crippen molar-refractivity contribution >= 4 is 23.5 Å². The maximum atomic E-state index is 12.6. The molecule has 0 aliphatic carbocycles. The number of nitrogens with one attached hydrogen (secondary N) is 3. The van der Waals surface area contributed by atoms with Gasteiger partial charge in [-0.2, -0.15) is 0 Å². The number of rotatable bonds is 10. The Balaban J connectivity index is 1.37. The molecule has 8 heteroatoms. The fourth-order valence-electron chi connectivity index (χ4n) is 4.34. The number of hydrogen-bond donors (Lipinski definition) is 3. The monoisotopic (exact) mass is 494 g/mol. The third-order valence-corrected chi connectivity index (χ3v) is 6.58. The fraction of sp³-hybridized carbons (Fsp3) is 0.464. The molecule has 0 saturated carbocycles. The number of piperidine rings is 1. The molecular weight excluding hydrogens is 456 g/mol. The van der Waals surface area contributed by atoms with Crippen LogP contribution in [0.15, 0.2) is 42.5 Å². The average Bonchev–Trinajstić information content (AvgIpc) is 2.90. The van der Waals surface area contributed by atoms with Crippen LogP contribution in [0.1, 0.15) is 49.3 Å². The Morgan fingerprint density at radius 2 is 1.81 bits per heavy atom. The summed E-state index contributed by atoms with van der Waals surface area (Å²) in [6.07, 6.45) is 4.51. The molecule has 1 saturated heterocycles. The van der Waals surface area contributed by atoms with Crippen molar-refractivity contribution in [3.63, 3.8) is 0 Å². The zero-order chi connectivity index (χ0) is 25.9. The van der Waals surface area contributed by atoms with E-state index in [1.54, 1.807) is 12.0 Å². The van der Waals surface area contributed by atoms with Crippen molar-refractivity contribution in [1.82, 2.24) is 15.5 Å². The van der Waals surface area contributed by atoms with E-state index in [2.05, 4.69) is 28.9 Å². The molecule has 2 aromatic rings. The molecule has 0 radical (unpaired) electrons. The third kappa shape index (κ3) is 8.00. The van der Waals surface area contributed by atoms with Crippen molar-refractivity contribution in [3.05, 3.63) is 59.2 Å². The lowest BCUT2D eigenvalue weighted by Crippen LogP contribution is -2.46. The predicted molar refractivity (Wildman–Crippen MR) is 141 cm³/mol. The Hall–Kier alpha value is -3.55. The van der Waals surface area contributed by atoms with Crippen LogP contribution < -0.4 is 20.7 Å². The van der Waals surface area contributed by atoms with E-state index >= 15 is 0 Å². The van der Waals surface area contributed by atoms with E-state index in [0.29, 0.717) is 32.5 Å². The number of nitrogens with zero attached hydrogens (tertiary/aromatic N) is 1. The second kappa shape index (κ2) is 13.5. The molecule has 0 bridgehead atoms. The maximum Gasteiger partial charge on any atom is 0.319 e. The number of benzene rings is 2. The average molecular weight is 495 g/mol. The Kier molecular flexibility index (Phi) is 10.2. The van der Waals surface area contributed by atoms with Crippen LogP contribution in [-0.2, 0) is 22.6 Å². The van der Waals surface area contributed by atoms with Crippen LogP contribution in [0.25, 0.3) is 0 Å². The number of hydrogen-bond acceptors (Lipinski definition) is 4. The molecule has 0 unspecified atom stereocenters. The summed E-state index contributed by atoms with van der Waals surface area (Å²) in [5, 5.41) is 8.46. The third-order valence-electron chi connectivity index (χ3n) is 6.58. The first-order valence-electron chi connectivity index (χ1n) is 12.7. The largest absolute Gasteiger partial charge is 0.497 e. The highest BCUT2D eigenvalue weighted by Crippen LogP contribution is 2.19. The number of anilines is 1. The number of ether oxygens (including phenoxy) is 1. The van der Waals surface area contributed by atoms with Gasteiger partial charge >= 0.3 is 6.03 Å². The first kappa shape index (κ1) is 27.0. The van der Waals surface area contributed by atoms with Gasteiger partial charge in [0.2, 0.25) is 11.8 Å². The summed E-state index contributed by atoms with van der Waals surface area (Å²) < 4.78 is 5.22. The van der Waals surface area contributed by atoms with Crippen LogP contribution in [0.4, 0.5) is 10.5 Å². The lowest BCUT2D eigenvalue weighted by atomic mass is 9.95. The van der Waals surface area contributed by atoms with E-state index in [4.69, 9.17) is 4.74 Å². The zero-order valence-electron chi connectivity index (χ0n) is 21.6. The van der Waals surface area contributed by atoms with E-state index in [1.807, 2.05) is 43.3 Å². The highest BCUT2D eigenvalue weighted by atomic mass is 16.5. The van der Waals surface area contributed by atoms with Gasteiger partial charge in [0, 0.05) is 31.2 Å². The van der Waals surface area contributed by atoms with Crippen LogP contribution in [0, 0.1) is 12.8 Å². The topological polar surface area (TPSA) is 99.8 Å². The lowest BCUT2D eigenvalue weighted by molar-refractivity contribution is -0.134. The molecule has 8 nitrogen and oxygen atoms in total. The van der Waals surface area contributed by atoms with E-state index < -0.39 is 6.03 Å². The molecule has 194 valence electrons. The number of methoxy groups -OCH3 is 1. The molecule has 2 aromatic carbocycles. The number of likely N-dealkylation sites (tertiary alicyclic amines) is 1. The molecule has 3 N–H and O–H groups in total. The molecule has 36 heavy (non-hydrogen) atoms. The summed E-state index contributed by atoms with van der Waals surface area (Å²) in [6, 6.07) is 13.2. The minimum Gasteiger partial charge on any atom is -0.497 e. The molecule has 3 rings (SSSR count). The van der Waals surface area contributed by atoms with Gasteiger partial charge < -0.3 is 25.6 Å². The number of unbranched alkanes of at least 4 members (excludes halogenated alkanes) is 1. The minimum absolute atomic E-state index is 0.00139. The van der Waals surface area contributed by atoms with Crippen LogP contribution >= 0.6 is 0 Å². The molecule has 1 aliphatic heterocycles. The number of carbonyl (C=O) groups excluding carboxylic acids is 3. The Morgan fingerprint density at radius 1 is 1.03 bits per heavy atom. The summed E-state index contributed by atoms with van der Waals surface area (Å²) in [5.41, 5.74) is 3.97. The van der Waals surface area contributed by atoms with Crippen LogP contribution in [0.3, 0.4) is 0 Å². The van der Waals surface area contributed by atoms with Crippen LogP contribution in [0.5, 0.6) is 5.75 Å². The maximum absolute atomic E-state index is 12.6. The van der Waals surface area contributed by atoms with E-state index in [-0.39, 0.29) is 24.3 Å². The SMILES string of the molecule is CCCCc1ccc(NC(=O)NCC(=O)N2CCC(C(=O)NCc3cccc(OC)c3)CC2)c(C)c1. The number of amides is 4. The summed E-state index contributed by atoms with van der Waals surface area (Å²) in [4.78, 5) is 39.2. The van der Waals surface area contributed by atoms with E-state index in [1.165, 1.54) is 5.56 Å². The quantitative estimate of drug-likeness (QED) is 0.464. The van der Waals surface area contributed by atoms with Crippen molar-refractivity contribution in [3.8, 4) is 5.75 Å². The summed E-state index contributed by atoms with van der Waals surface area (Å²) in [6.45, 7) is 5.49. The van der Waals surface area contributed by atoms with E-state index in [0.717, 1.165) is 41.8 Å². The Morgan fingerprint density at radius 3 is 2.50 bits per heavy atom. The molecule has 0 atom stereocenters. The van der Waals surface area contributed by atoms with Gasteiger partial charge in [-0.15, -0.1) is 0 Å². The molecule has 4 amide bonds. The molecule has 1 fully saturated rings. The van der Waals surface area contributed by atoms with Gasteiger partial charge in [-0.25, -0.2) is 4.79 Å². The molecule has 1 aliphatic rings. The highest BCUT2D eigenvalue weighted by molar-refractivity contribution is 5.93. The smallest absolute Gasteiger partial charge is 0.319 e. The van der Waals surface area contributed by atoms with Gasteiger partial charge in [-0.1, -0.05) is 37.6 Å². The lowest BCUT2D eigenvalue weighted by Gasteiger charge is -2.31. The minimum atomic E-state index is -0.403. The van der Waals surface area contributed by atoms with Gasteiger partial charge in [-0.05, 0) is 67.5 Å². The molecule has 0 spiro atoms. The van der Waals surface area contributed by atoms with Crippen molar-refractivity contribution < 1.29 is 19.1 Å². The highest BCUT2D eigenvalue weighted by Gasteiger charge is 2.27. The van der Waals surface area contributed by atoms with Gasteiger partial charge in [0.15, 0.2) is 0 Å². The second-order valence-electron chi connectivity index (χ2n) is 9.28. The van der Waals surface area contributed by atoms with Crippen molar-refractivity contribution in [2.45, 2.75) is 52.5 Å². The molecule has 1 heterocycles. The summed E-state index contributed by atoms with van der Waals surface area (Å²) >= 11 is 0. The number of carbonyl (C=O) groups is 3. The van der Waals surface area contributed by atoms with Crippen LogP contribution in [0.2, 0.25) is 0 Å². The van der Waals surface area contributed by atoms with Gasteiger partial charge in [-0.3, -0.25) is 9.59 Å². The summed E-state index contributed by atoms with van der Waals surface area (Å²) in [7, 11) is 1.61. The fourth-order valence-corrected chi connectivity index (χ4v) is 4.34.